The van der Waals surface area contributed by atoms with E-state index in [0.717, 1.165) is 18.8 Å². The van der Waals surface area contributed by atoms with Crippen molar-refractivity contribution in [2.45, 2.75) is 26.8 Å². The zero-order chi connectivity index (χ0) is 15.0. The number of piperidine rings is 1. The van der Waals surface area contributed by atoms with Crippen molar-refractivity contribution in [3.63, 3.8) is 0 Å². The third-order valence-corrected chi connectivity index (χ3v) is 4.15. The van der Waals surface area contributed by atoms with Gasteiger partial charge in [0, 0.05) is 25.8 Å². The number of rotatable bonds is 3. The fourth-order valence-corrected chi connectivity index (χ4v) is 3.50. The third kappa shape index (κ3) is 2.78. The molecule has 1 saturated heterocycles. The number of hydrogen-bond acceptors (Lipinski definition) is 3. The Morgan fingerprint density at radius 2 is 2.05 bits per heavy atom. The summed E-state index contributed by atoms with van der Waals surface area (Å²) in [5.41, 5.74) is 1.65. The lowest BCUT2D eigenvalue weighted by Gasteiger charge is -2.34. The van der Waals surface area contributed by atoms with Gasteiger partial charge in [-0.2, -0.15) is 0 Å². The highest BCUT2D eigenvalue weighted by atomic mass is 16.4. The van der Waals surface area contributed by atoms with E-state index in [1.54, 1.807) is 0 Å². The number of carbonyl (C=O) groups is 1. The molecule has 1 N–H and O–H groups in total. The molecule has 0 radical (unpaired) electrons. The molecule has 112 valence electrons. The van der Waals surface area contributed by atoms with Crippen molar-refractivity contribution >= 4 is 11.6 Å². The highest BCUT2D eigenvalue weighted by Crippen LogP contribution is 2.24. The Morgan fingerprint density at radius 1 is 1.33 bits per heavy atom. The number of nitrogens with zero attached hydrogens (tertiary/aromatic N) is 3. The molecule has 3 rings (SSSR count). The molecule has 0 saturated carbocycles. The van der Waals surface area contributed by atoms with Crippen molar-refractivity contribution in [2.24, 2.45) is 11.8 Å². The number of carboxylic acid groups (broad SMARTS) is 1. The Balaban J connectivity index is 1.95. The van der Waals surface area contributed by atoms with Gasteiger partial charge in [0.2, 0.25) is 0 Å². The van der Waals surface area contributed by atoms with Gasteiger partial charge < -0.3 is 9.51 Å². The first-order chi connectivity index (χ1) is 10.0. The van der Waals surface area contributed by atoms with E-state index >= 15 is 0 Å². The molecule has 5 nitrogen and oxygen atoms in total. The molecule has 2 atom stereocenters. The van der Waals surface area contributed by atoms with Crippen LogP contribution in [0.3, 0.4) is 0 Å². The van der Waals surface area contributed by atoms with Gasteiger partial charge in [-0.05, 0) is 30.4 Å². The highest BCUT2D eigenvalue weighted by molar-refractivity contribution is 5.87. The zero-order valence-corrected chi connectivity index (χ0v) is 12.5. The molecule has 0 amide bonds. The van der Waals surface area contributed by atoms with Crippen LogP contribution in [0, 0.1) is 11.8 Å². The molecule has 1 aliphatic rings. The smallest absolute Gasteiger partial charge is 0.356 e. The SMILES string of the molecule is CC1CC(C)CN(Cc2c(C(=O)O)nc3ccccn23)C1. The summed E-state index contributed by atoms with van der Waals surface area (Å²) >= 11 is 0. The van der Waals surface area contributed by atoms with Gasteiger partial charge >= 0.3 is 5.97 Å². The molecule has 5 heteroatoms. The van der Waals surface area contributed by atoms with Crippen LogP contribution >= 0.6 is 0 Å². The van der Waals surface area contributed by atoms with Crippen LogP contribution < -0.4 is 0 Å². The van der Waals surface area contributed by atoms with Crippen LogP contribution in [0.2, 0.25) is 0 Å². The Labute approximate surface area is 124 Å². The van der Waals surface area contributed by atoms with Crippen LogP contribution in [0.1, 0.15) is 36.5 Å². The monoisotopic (exact) mass is 287 g/mol. The molecular weight excluding hydrogens is 266 g/mol. The number of hydrogen-bond donors (Lipinski definition) is 1. The Hall–Kier alpha value is -1.88. The van der Waals surface area contributed by atoms with Gasteiger partial charge in [0.05, 0.1) is 5.69 Å². The average Bonchev–Trinajstić information content (AvgIpc) is 2.77. The molecule has 1 fully saturated rings. The van der Waals surface area contributed by atoms with Crippen molar-refractivity contribution in [1.29, 1.82) is 0 Å². The number of pyridine rings is 1. The highest BCUT2D eigenvalue weighted by Gasteiger charge is 2.25. The largest absolute Gasteiger partial charge is 0.476 e. The van der Waals surface area contributed by atoms with Gasteiger partial charge in [0.1, 0.15) is 5.65 Å². The molecular formula is C16H21N3O2. The number of likely N-dealkylation sites (tertiary alicyclic amines) is 1. The lowest BCUT2D eigenvalue weighted by atomic mass is 9.92. The summed E-state index contributed by atoms with van der Waals surface area (Å²) in [7, 11) is 0. The van der Waals surface area contributed by atoms with Gasteiger partial charge in [-0.3, -0.25) is 4.90 Å². The van der Waals surface area contributed by atoms with Crippen LogP contribution in [0.4, 0.5) is 0 Å². The lowest BCUT2D eigenvalue weighted by molar-refractivity contribution is 0.0686. The van der Waals surface area contributed by atoms with Gasteiger partial charge in [-0.1, -0.05) is 19.9 Å². The van der Waals surface area contributed by atoms with Gasteiger partial charge in [-0.25, -0.2) is 9.78 Å². The summed E-state index contributed by atoms with van der Waals surface area (Å²) in [5.74, 6) is 0.356. The first-order valence-electron chi connectivity index (χ1n) is 7.46. The minimum atomic E-state index is -0.952. The fourth-order valence-electron chi connectivity index (χ4n) is 3.50. The molecule has 1 aliphatic heterocycles. The summed E-state index contributed by atoms with van der Waals surface area (Å²) in [6.45, 7) is 7.19. The zero-order valence-electron chi connectivity index (χ0n) is 12.5. The Kier molecular flexibility index (Phi) is 3.68. The van der Waals surface area contributed by atoms with Crippen LogP contribution in [0.25, 0.3) is 5.65 Å². The molecule has 0 spiro atoms. The van der Waals surface area contributed by atoms with Crippen LogP contribution in [-0.4, -0.2) is 38.4 Å². The number of fused-ring (bicyclic) bond motifs is 1. The summed E-state index contributed by atoms with van der Waals surface area (Å²) in [6, 6.07) is 5.63. The van der Waals surface area contributed by atoms with E-state index in [0.29, 0.717) is 24.0 Å². The third-order valence-electron chi connectivity index (χ3n) is 4.15. The van der Waals surface area contributed by atoms with Crippen molar-refractivity contribution in [1.82, 2.24) is 14.3 Å². The Morgan fingerprint density at radius 3 is 2.71 bits per heavy atom. The van der Waals surface area contributed by atoms with Gasteiger partial charge in [-0.15, -0.1) is 0 Å². The molecule has 3 heterocycles. The predicted octanol–water partition coefficient (Wildman–Crippen LogP) is 2.51. The molecule has 0 aromatic carbocycles. The molecule has 2 aromatic rings. The van der Waals surface area contributed by atoms with Crippen LogP contribution in [-0.2, 0) is 6.54 Å². The second kappa shape index (κ2) is 5.48. The van der Waals surface area contributed by atoms with Crippen LogP contribution in [0.5, 0.6) is 0 Å². The van der Waals surface area contributed by atoms with E-state index in [9.17, 15) is 9.90 Å². The topological polar surface area (TPSA) is 57.8 Å². The maximum Gasteiger partial charge on any atom is 0.356 e. The molecule has 0 bridgehead atoms. The molecule has 2 aromatic heterocycles. The van der Waals surface area contributed by atoms with Crippen LogP contribution in [0.15, 0.2) is 24.4 Å². The maximum absolute atomic E-state index is 11.5. The minimum Gasteiger partial charge on any atom is -0.476 e. The van der Waals surface area contributed by atoms with E-state index in [1.165, 1.54) is 6.42 Å². The number of imidazole rings is 1. The minimum absolute atomic E-state index is 0.173. The van der Waals surface area contributed by atoms with E-state index < -0.39 is 5.97 Å². The van der Waals surface area contributed by atoms with E-state index in [-0.39, 0.29) is 5.69 Å². The maximum atomic E-state index is 11.5. The van der Waals surface area contributed by atoms with Gasteiger partial charge in [0.15, 0.2) is 5.69 Å². The van der Waals surface area contributed by atoms with Crippen molar-refractivity contribution in [2.75, 3.05) is 13.1 Å². The lowest BCUT2D eigenvalue weighted by Crippen LogP contribution is -2.38. The van der Waals surface area contributed by atoms with Crippen molar-refractivity contribution < 1.29 is 9.90 Å². The number of aromatic carboxylic acids is 1. The number of aromatic nitrogens is 2. The molecule has 21 heavy (non-hydrogen) atoms. The van der Waals surface area contributed by atoms with E-state index in [4.69, 9.17) is 0 Å². The summed E-state index contributed by atoms with van der Waals surface area (Å²) < 4.78 is 1.90. The fraction of sp³-hybridized carbons (Fsp3) is 0.500. The average molecular weight is 287 g/mol. The summed E-state index contributed by atoms with van der Waals surface area (Å²) in [4.78, 5) is 18.1. The summed E-state index contributed by atoms with van der Waals surface area (Å²) in [5, 5.41) is 9.41. The quantitative estimate of drug-likeness (QED) is 0.942. The standard InChI is InChI=1S/C16H21N3O2/c1-11-7-12(2)9-18(8-11)10-13-15(16(20)21)17-14-5-3-4-6-19(13)14/h3-6,11-12H,7-10H2,1-2H3,(H,20,21). The van der Waals surface area contributed by atoms with E-state index in [2.05, 4.69) is 23.7 Å². The normalized spacial score (nSPS) is 23.5. The molecule has 2 unspecified atom stereocenters. The van der Waals surface area contributed by atoms with Crippen molar-refractivity contribution in [3.05, 3.63) is 35.8 Å². The Bertz CT molecular complexity index is 655. The predicted molar refractivity (Wildman–Crippen MR) is 80.4 cm³/mol. The summed E-state index contributed by atoms with van der Waals surface area (Å²) in [6.07, 6.45) is 3.14. The molecule has 0 aliphatic carbocycles. The second-order valence-corrected chi connectivity index (χ2v) is 6.28. The first-order valence-corrected chi connectivity index (χ1v) is 7.46. The first kappa shape index (κ1) is 14.1. The van der Waals surface area contributed by atoms with Crippen molar-refractivity contribution in [3.8, 4) is 0 Å². The number of carboxylic acids is 1. The second-order valence-electron chi connectivity index (χ2n) is 6.28. The van der Waals surface area contributed by atoms with Gasteiger partial charge in [0.25, 0.3) is 0 Å². The van der Waals surface area contributed by atoms with E-state index in [1.807, 2.05) is 28.8 Å².